The van der Waals surface area contributed by atoms with Gasteiger partial charge in [0.05, 0.1) is 50.8 Å². The van der Waals surface area contributed by atoms with Crippen molar-refractivity contribution in [3.8, 4) is 17.6 Å². The minimum Gasteiger partial charge on any atom is -0.497 e. The number of H-pyrrole nitrogens is 1. The van der Waals surface area contributed by atoms with Gasteiger partial charge in [-0.05, 0) is 85.3 Å². The van der Waals surface area contributed by atoms with E-state index in [9.17, 15) is 14.9 Å². The predicted octanol–water partition coefficient (Wildman–Crippen LogP) is 10.9. The van der Waals surface area contributed by atoms with Gasteiger partial charge in [-0.2, -0.15) is 5.26 Å². The van der Waals surface area contributed by atoms with Crippen molar-refractivity contribution in [3.63, 3.8) is 0 Å². The molecule has 0 saturated carbocycles. The second-order valence-electron chi connectivity index (χ2n) is 18.5. The first-order chi connectivity index (χ1) is 32.5. The number of fused-ring (bicyclic) bond motifs is 1. The Hall–Kier alpha value is -4.24. The predicted molar refractivity (Wildman–Crippen MR) is 271 cm³/mol. The van der Waals surface area contributed by atoms with E-state index >= 15 is 0 Å². The third kappa shape index (κ3) is 11.0. The van der Waals surface area contributed by atoms with Crippen molar-refractivity contribution in [2.24, 2.45) is 0 Å². The summed E-state index contributed by atoms with van der Waals surface area (Å²) in [5.74, 6) is 1.36. The Morgan fingerprint density at radius 1 is 0.809 bits per heavy atom. The number of methoxy groups -OCH3 is 2. The number of nitrogens with one attached hydrogen (secondary N) is 1. The number of benzene rings is 3. The first-order valence-electron chi connectivity index (χ1n) is 23.4. The summed E-state index contributed by atoms with van der Waals surface area (Å²) >= 11 is 1.31. The fourth-order valence-electron chi connectivity index (χ4n) is 9.98. The van der Waals surface area contributed by atoms with Gasteiger partial charge >= 0.3 is 5.69 Å². The first kappa shape index (κ1) is 53.1. The molecule has 0 amide bonds. The molecule has 368 valence electrons. The fraction of sp³-hybridized carbons (Fsp3) is 0.510. The highest BCUT2D eigenvalue weighted by Gasteiger charge is 2.53. The zero-order valence-corrected chi connectivity index (χ0v) is 44.2. The fourth-order valence-corrected chi connectivity index (χ4v) is 17.8. The number of nitrogens with zero attached hydrogens (tertiary/aromatic N) is 3. The normalized spacial score (nSPS) is 18.4. The highest BCUT2D eigenvalue weighted by atomic mass is 32.1. The SMILES string of the molecule is COc1ccc(C(OC[C@H]2O[C@@H](n3c(=O)[nH]c(=O)c4cscc43)[C@H](OCO[Si](C(C)C)(C(C)C)C(C)C)[C@@H]2OP(OCCC#N)N(C(C)C)C(C)C)(c2ccccc2)c2ccc(OC)cc2)cc1. The summed E-state index contributed by atoms with van der Waals surface area (Å²) in [6.45, 7) is 21.5. The summed E-state index contributed by atoms with van der Waals surface area (Å²) in [6, 6.07) is 27.6. The van der Waals surface area contributed by atoms with Crippen LogP contribution in [0.5, 0.6) is 11.5 Å². The van der Waals surface area contributed by atoms with Gasteiger partial charge < -0.3 is 37.2 Å². The largest absolute Gasteiger partial charge is 0.497 e. The van der Waals surface area contributed by atoms with Gasteiger partial charge in [0.15, 0.2) is 6.23 Å². The van der Waals surface area contributed by atoms with Gasteiger partial charge in [0.2, 0.25) is 8.32 Å². The lowest BCUT2D eigenvalue weighted by Crippen LogP contribution is -2.49. The van der Waals surface area contributed by atoms with Crippen molar-refractivity contribution in [1.29, 1.82) is 5.26 Å². The van der Waals surface area contributed by atoms with Crippen LogP contribution in [0.25, 0.3) is 10.9 Å². The number of hydrogen-bond donors (Lipinski definition) is 1. The molecular weight excluding hydrogens is 920 g/mol. The van der Waals surface area contributed by atoms with Crippen LogP contribution in [-0.4, -0.2) is 87.2 Å². The van der Waals surface area contributed by atoms with E-state index in [-0.39, 0.29) is 55.1 Å². The molecule has 6 rings (SSSR count). The second-order valence-corrected chi connectivity index (χ2v) is 26.1. The molecule has 1 N–H and O–H groups in total. The number of hydrogen-bond acceptors (Lipinski definition) is 13. The minimum absolute atomic E-state index is 0.0309. The number of ether oxygens (including phenoxy) is 5. The molecule has 1 saturated heterocycles. The Bertz CT molecular complexity index is 2450. The lowest BCUT2D eigenvalue weighted by atomic mass is 9.80. The molecule has 3 heterocycles. The average Bonchev–Trinajstić information content (AvgIpc) is 3.93. The number of thiophene rings is 1. The van der Waals surface area contributed by atoms with Crippen LogP contribution < -0.4 is 20.7 Å². The molecule has 0 spiro atoms. The van der Waals surface area contributed by atoms with Crippen molar-refractivity contribution < 1.29 is 37.2 Å². The Kier molecular flexibility index (Phi) is 18.4. The van der Waals surface area contributed by atoms with Crippen molar-refractivity contribution in [2.75, 3.05) is 34.2 Å². The van der Waals surface area contributed by atoms with E-state index in [1.165, 1.54) is 15.9 Å². The van der Waals surface area contributed by atoms with Crippen molar-refractivity contribution in [3.05, 3.63) is 127 Å². The quantitative estimate of drug-likeness (QED) is 0.0206. The minimum atomic E-state index is -2.48. The third-order valence-electron chi connectivity index (χ3n) is 12.9. The number of aromatic amines is 1. The van der Waals surface area contributed by atoms with Gasteiger partial charge in [0.25, 0.3) is 14.1 Å². The second kappa shape index (κ2) is 23.6. The van der Waals surface area contributed by atoms with Crippen LogP contribution in [0.1, 0.15) is 98.6 Å². The molecule has 0 radical (unpaired) electrons. The van der Waals surface area contributed by atoms with E-state index in [1.54, 1.807) is 25.0 Å². The summed E-state index contributed by atoms with van der Waals surface area (Å²) in [7, 11) is -1.12. The van der Waals surface area contributed by atoms with Gasteiger partial charge in [-0.1, -0.05) is 96.1 Å². The number of aromatic nitrogens is 2. The summed E-state index contributed by atoms with van der Waals surface area (Å²) in [5.41, 5.74) is 1.23. The van der Waals surface area contributed by atoms with E-state index in [0.717, 1.165) is 16.7 Å². The van der Waals surface area contributed by atoms with E-state index < -0.39 is 58.2 Å². The van der Waals surface area contributed by atoms with Crippen LogP contribution in [0.4, 0.5) is 0 Å². The Morgan fingerprint density at radius 2 is 1.37 bits per heavy atom. The van der Waals surface area contributed by atoms with Gasteiger partial charge in [-0.3, -0.25) is 14.3 Å². The molecule has 17 heteroatoms. The molecule has 5 atom stereocenters. The van der Waals surface area contributed by atoms with Gasteiger partial charge in [-0.25, -0.2) is 9.46 Å². The zero-order chi connectivity index (χ0) is 49.3. The molecule has 14 nitrogen and oxygen atoms in total. The smallest absolute Gasteiger partial charge is 0.331 e. The number of nitriles is 1. The molecule has 68 heavy (non-hydrogen) atoms. The summed E-state index contributed by atoms with van der Waals surface area (Å²) in [6.07, 6.45) is -3.88. The molecule has 0 bridgehead atoms. The van der Waals surface area contributed by atoms with Crippen LogP contribution in [0.15, 0.2) is 99.2 Å². The van der Waals surface area contributed by atoms with Crippen molar-refractivity contribution in [2.45, 2.75) is 135 Å². The summed E-state index contributed by atoms with van der Waals surface area (Å²) in [5, 5.41) is 13.4. The van der Waals surface area contributed by atoms with E-state index in [4.69, 9.17) is 37.2 Å². The standard InChI is InChI=1S/C51H69N4O10PSSi/c1-33(2)55(34(3)4)66(62-28-16-27-52)65-46-45(29-61-51(38-17-14-13-15-18-38,39-19-23-41(58-11)24-20-39)40-21-25-42(59-12)26-22-40)64-49(54-44-31-67-30-43(44)48(56)53-50(54)57)47(46)60-32-63-68(35(5)6,36(7)8)37(9)10/h13-15,17-26,30-31,33-37,45-47,49H,16,28-29,32H2,1-12H3,(H,53,56,57)/t45-,46-,47-,49-,66?/m1/s1. The monoisotopic (exact) mass is 988 g/mol. The van der Waals surface area contributed by atoms with Crippen LogP contribution in [0, 0.1) is 11.3 Å². The average molecular weight is 989 g/mol. The van der Waals surface area contributed by atoms with E-state index in [2.05, 4.69) is 85.0 Å². The maximum Gasteiger partial charge on any atom is 0.331 e. The highest BCUT2D eigenvalue weighted by molar-refractivity contribution is 7.44. The molecule has 2 aromatic heterocycles. The zero-order valence-electron chi connectivity index (χ0n) is 41.5. The van der Waals surface area contributed by atoms with Gasteiger partial charge in [-0.15, -0.1) is 11.3 Å². The molecule has 1 aliphatic heterocycles. The van der Waals surface area contributed by atoms with Crippen molar-refractivity contribution >= 4 is 39.1 Å². The molecule has 5 aromatic rings. The molecule has 0 aliphatic carbocycles. The molecule has 1 unspecified atom stereocenters. The van der Waals surface area contributed by atoms with Gasteiger partial charge in [0.1, 0.15) is 42.2 Å². The summed E-state index contributed by atoms with van der Waals surface area (Å²) < 4.78 is 57.4. The lowest BCUT2D eigenvalue weighted by Gasteiger charge is -2.42. The third-order valence-corrected chi connectivity index (χ3v) is 21.8. The topological polar surface area (TPSA) is 156 Å². The van der Waals surface area contributed by atoms with E-state index in [0.29, 0.717) is 22.4 Å². The van der Waals surface area contributed by atoms with Gasteiger partial charge in [0, 0.05) is 22.8 Å². The lowest BCUT2D eigenvalue weighted by molar-refractivity contribution is -0.114. The van der Waals surface area contributed by atoms with Crippen LogP contribution in [0.3, 0.4) is 0 Å². The maximum absolute atomic E-state index is 14.3. The molecular formula is C51H69N4O10PSSi. The van der Waals surface area contributed by atoms with E-state index in [1.807, 2.05) is 78.9 Å². The molecule has 1 aliphatic rings. The Morgan fingerprint density at radius 3 is 1.88 bits per heavy atom. The van der Waals surface area contributed by atoms with Crippen molar-refractivity contribution in [1.82, 2.24) is 14.2 Å². The molecule has 3 aromatic carbocycles. The Balaban J connectivity index is 1.57. The van der Waals surface area contributed by atoms with Crippen LogP contribution >= 0.6 is 19.9 Å². The van der Waals surface area contributed by atoms with Crippen LogP contribution in [0.2, 0.25) is 16.6 Å². The van der Waals surface area contributed by atoms with Crippen LogP contribution in [-0.2, 0) is 33.3 Å². The summed E-state index contributed by atoms with van der Waals surface area (Å²) in [4.78, 5) is 30.0. The molecule has 1 fully saturated rings. The number of rotatable bonds is 24. The highest BCUT2D eigenvalue weighted by Crippen LogP contribution is 2.52. The Labute approximate surface area is 407 Å². The first-order valence-corrected chi connectivity index (χ1v) is 27.6. The maximum atomic E-state index is 14.3.